The predicted molar refractivity (Wildman–Crippen MR) is 98.8 cm³/mol. The molecule has 0 bridgehead atoms. The largest absolute Gasteiger partial charge is 0.385 e. The zero-order valence-electron chi connectivity index (χ0n) is 14.8. The molecule has 26 heavy (non-hydrogen) atoms. The summed E-state index contributed by atoms with van der Waals surface area (Å²) in [5.74, 6) is 0.704. The van der Waals surface area contributed by atoms with Crippen LogP contribution in [0.1, 0.15) is 25.2 Å². The number of fused-ring (bicyclic) bond motifs is 1. The SMILES string of the molecule is COCCCn1cnnc1C(C)NC(=O)Nc1cccc2ncccc12. The number of ether oxygens (including phenoxy) is 1. The molecule has 0 radical (unpaired) electrons. The Morgan fingerprint density at radius 1 is 1.31 bits per heavy atom. The molecule has 0 aliphatic carbocycles. The fourth-order valence-electron chi connectivity index (χ4n) is 2.78. The summed E-state index contributed by atoms with van der Waals surface area (Å²) in [6.45, 7) is 3.27. The number of carbonyl (C=O) groups is 1. The van der Waals surface area contributed by atoms with Gasteiger partial charge in [0.15, 0.2) is 5.82 Å². The highest BCUT2D eigenvalue weighted by atomic mass is 16.5. The second-order valence-electron chi connectivity index (χ2n) is 5.92. The number of aryl methyl sites for hydroxylation is 1. The zero-order chi connectivity index (χ0) is 18.4. The summed E-state index contributed by atoms with van der Waals surface area (Å²) in [5.41, 5.74) is 1.54. The first-order valence-corrected chi connectivity index (χ1v) is 8.47. The number of pyridine rings is 1. The van der Waals surface area contributed by atoms with Gasteiger partial charge in [-0.05, 0) is 37.6 Å². The molecule has 2 heterocycles. The molecule has 3 rings (SSSR count). The first-order valence-electron chi connectivity index (χ1n) is 8.47. The topological polar surface area (TPSA) is 94.0 Å². The van der Waals surface area contributed by atoms with Gasteiger partial charge in [0.05, 0.1) is 17.2 Å². The number of methoxy groups -OCH3 is 1. The molecule has 2 N–H and O–H groups in total. The fraction of sp³-hybridized carbons (Fsp3) is 0.333. The minimum Gasteiger partial charge on any atom is -0.385 e. The molecular weight excluding hydrogens is 332 g/mol. The maximum Gasteiger partial charge on any atom is 0.319 e. The van der Waals surface area contributed by atoms with Crippen LogP contribution in [0.4, 0.5) is 10.5 Å². The van der Waals surface area contributed by atoms with Gasteiger partial charge >= 0.3 is 6.03 Å². The number of urea groups is 1. The van der Waals surface area contributed by atoms with Gasteiger partial charge in [-0.3, -0.25) is 4.98 Å². The van der Waals surface area contributed by atoms with Crippen LogP contribution in [0.25, 0.3) is 10.9 Å². The van der Waals surface area contributed by atoms with Gasteiger partial charge in [-0.25, -0.2) is 4.79 Å². The molecular formula is C18H22N6O2. The Kier molecular flexibility index (Phi) is 5.75. The van der Waals surface area contributed by atoms with Gasteiger partial charge in [-0.2, -0.15) is 0 Å². The lowest BCUT2D eigenvalue weighted by atomic mass is 10.2. The van der Waals surface area contributed by atoms with Crippen LogP contribution in [0.2, 0.25) is 0 Å². The van der Waals surface area contributed by atoms with E-state index in [1.54, 1.807) is 19.6 Å². The number of rotatable bonds is 7. The monoisotopic (exact) mass is 354 g/mol. The molecule has 0 saturated carbocycles. The summed E-state index contributed by atoms with van der Waals surface area (Å²) in [7, 11) is 1.67. The second-order valence-corrected chi connectivity index (χ2v) is 5.92. The van der Waals surface area contributed by atoms with E-state index < -0.39 is 0 Å². The van der Waals surface area contributed by atoms with Crippen molar-refractivity contribution < 1.29 is 9.53 Å². The van der Waals surface area contributed by atoms with Crippen molar-refractivity contribution in [2.75, 3.05) is 19.0 Å². The Morgan fingerprint density at radius 3 is 3.04 bits per heavy atom. The van der Waals surface area contributed by atoms with Gasteiger partial charge in [0.2, 0.25) is 0 Å². The molecule has 1 unspecified atom stereocenters. The number of amides is 2. The van der Waals surface area contributed by atoms with E-state index in [-0.39, 0.29) is 12.1 Å². The van der Waals surface area contributed by atoms with Crippen LogP contribution in [0.15, 0.2) is 42.9 Å². The molecule has 2 aromatic heterocycles. The standard InChI is InChI=1S/C18H22N6O2/c1-13(17-23-20-12-24(17)10-5-11-26-2)21-18(25)22-16-8-3-7-15-14(16)6-4-9-19-15/h3-4,6-9,12-13H,5,10-11H2,1-2H3,(H2,21,22,25). The first kappa shape index (κ1) is 17.8. The predicted octanol–water partition coefficient (Wildman–Crippen LogP) is 2.75. The first-order chi connectivity index (χ1) is 12.7. The minimum absolute atomic E-state index is 0.284. The number of anilines is 1. The Bertz CT molecular complexity index is 874. The van der Waals surface area contributed by atoms with E-state index in [2.05, 4.69) is 25.8 Å². The highest BCUT2D eigenvalue weighted by molar-refractivity contribution is 6.00. The maximum atomic E-state index is 12.4. The summed E-state index contributed by atoms with van der Waals surface area (Å²) in [5, 5.41) is 14.7. The lowest BCUT2D eigenvalue weighted by molar-refractivity contribution is 0.189. The molecule has 3 aromatic rings. The smallest absolute Gasteiger partial charge is 0.319 e. The van der Waals surface area contributed by atoms with Crippen molar-refractivity contribution in [3.05, 3.63) is 48.7 Å². The quantitative estimate of drug-likeness (QED) is 0.636. The molecule has 0 fully saturated rings. The van der Waals surface area contributed by atoms with E-state index in [4.69, 9.17) is 4.74 Å². The van der Waals surface area contributed by atoms with Crippen LogP contribution in [-0.4, -0.2) is 39.5 Å². The van der Waals surface area contributed by atoms with Gasteiger partial charge in [0, 0.05) is 31.8 Å². The lowest BCUT2D eigenvalue weighted by Crippen LogP contribution is -2.32. The molecule has 0 saturated heterocycles. The Hall–Kier alpha value is -3.00. The normalized spacial score (nSPS) is 12.1. The van der Waals surface area contributed by atoms with Gasteiger partial charge in [0.1, 0.15) is 6.33 Å². The number of hydrogen-bond donors (Lipinski definition) is 2. The average Bonchev–Trinajstić information content (AvgIpc) is 3.11. The van der Waals surface area contributed by atoms with Crippen molar-refractivity contribution in [2.24, 2.45) is 0 Å². The third kappa shape index (κ3) is 4.15. The van der Waals surface area contributed by atoms with E-state index in [1.807, 2.05) is 41.8 Å². The number of nitrogens with one attached hydrogen (secondary N) is 2. The zero-order valence-corrected chi connectivity index (χ0v) is 14.8. The molecule has 0 spiro atoms. The molecule has 1 atom stereocenters. The van der Waals surface area contributed by atoms with Gasteiger partial charge in [0.25, 0.3) is 0 Å². The summed E-state index contributed by atoms with van der Waals surface area (Å²) < 4.78 is 6.99. The molecule has 1 aromatic carbocycles. The third-order valence-electron chi connectivity index (χ3n) is 4.02. The molecule has 2 amide bonds. The minimum atomic E-state index is -0.305. The van der Waals surface area contributed by atoms with Gasteiger partial charge < -0.3 is 19.9 Å². The molecule has 8 nitrogen and oxygen atoms in total. The van der Waals surface area contributed by atoms with Crippen LogP contribution < -0.4 is 10.6 Å². The van der Waals surface area contributed by atoms with E-state index in [1.165, 1.54) is 0 Å². The lowest BCUT2D eigenvalue weighted by Gasteiger charge is -2.16. The molecule has 0 aliphatic rings. The highest BCUT2D eigenvalue weighted by Gasteiger charge is 2.16. The van der Waals surface area contributed by atoms with Crippen molar-refractivity contribution in [1.29, 1.82) is 0 Å². The molecule has 136 valence electrons. The van der Waals surface area contributed by atoms with Crippen LogP contribution in [0, 0.1) is 0 Å². The Morgan fingerprint density at radius 2 is 2.19 bits per heavy atom. The van der Waals surface area contributed by atoms with Gasteiger partial charge in [-0.1, -0.05) is 6.07 Å². The van der Waals surface area contributed by atoms with Crippen molar-refractivity contribution >= 4 is 22.6 Å². The molecule has 8 heteroatoms. The molecule has 0 aliphatic heterocycles. The second kappa shape index (κ2) is 8.39. The summed E-state index contributed by atoms with van der Waals surface area (Å²) in [6.07, 6.45) is 4.24. The summed E-state index contributed by atoms with van der Waals surface area (Å²) in [4.78, 5) is 16.7. The van der Waals surface area contributed by atoms with Crippen LogP contribution in [0.5, 0.6) is 0 Å². The summed E-state index contributed by atoms with van der Waals surface area (Å²) in [6, 6.07) is 8.80. The number of nitrogens with zero attached hydrogens (tertiary/aromatic N) is 4. The van der Waals surface area contributed by atoms with Crippen molar-refractivity contribution in [3.8, 4) is 0 Å². The number of hydrogen-bond acceptors (Lipinski definition) is 5. The van der Waals surface area contributed by atoms with E-state index in [0.717, 1.165) is 23.9 Å². The average molecular weight is 354 g/mol. The van der Waals surface area contributed by atoms with Crippen molar-refractivity contribution in [3.63, 3.8) is 0 Å². The van der Waals surface area contributed by atoms with Crippen molar-refractivity contribution in [2.45, 2.75) is 25.9 Å². The number of benzene rings is 1. The van der Waals surface area contributed by atoms with E-state index in [9.17, 15) is 4.79 Å². The Labute approximate surface area is 151 Å². The van der Waals surface area contributed by atoms with Crippen LogP contribution in [-0.2, 0) is 11.3 Å². The van der Waals surface area contributed by atoms with E-state index >= 15 is 0 Å². The van der Waals surface area contributed by atoms with Crippen LogP contribution >= 0.6 is 0 Å². The highest BCUT2D eigenvalue weighted by Crippen LogP contribution is 2.21. The number of carbonyl (C=O) groups excluding carboxylic acids is 1. The number of aromatic nitrogens is 4. The Balaban J connectivity index is 1.65. The van der Waals surface area contributed by atoms with Crippen LogP contribution in [0.3, 0.4) is 0 Å². The fourth-order valence-corrected chi connectivity index (χ4v) is 2.78. The van der Waals surface area contributed by atoms with E-state index in [0.29, 0.717) is 18.1 Å². The van der Waals surface area contributed by atoms with Gasteiger partial charge in [-0.15, -0.1) is 10.2 Å². The third-order valence-corrected chi connectivity index (χ3v) is 4.02. The maximum absolute atomic E-state index is 12.4. The van der Waals surface area contributed by atoms with Crippen molar-refractivity contribution in [1.82, 2.24) is 25.1 Å². The summed E-state index contributed by atoms with van der Waals surface area (Å²) >= 11 is 0.